The summed E-state index contributed by atoms with van der Waals surface area (Å²) in [6.07, 6.45) is 0. The zero-order valence-corrected chi connectivity index (χ0v) is 12.6. The summed E-state index contributed by atoms with van der Waals surface area (Å²) >= 11 is 10.5. The van der Waals surface area contributed by atoms with Gasteiger partial charge in [-0.05, 0) is 38.5 Å². The number of hydrogen-bond donors (Lipinski definition) is 1. The molecule has 0 spiro atoms. The Bertz CT molecular complexity index is 538. The molecule has 0 unspecified atom stereocenters. The fraction of sp³-hybridized carbons (Fsp3) is 0.154. The molecule has 94 valence electrons. The van der Waals surface area contributed by atoms with E-state index in [1.807, 2.05) is 35.7 Å². The van der Waals surface area contributed by atoms with Gasteiger partial charge in [0.25, 0.3) is 5.91 Å². The van der Waals surface area contributed by atoms with Gasteiger partial charge < -0.3 is 5.32 Å². The molecule has 0 aliphatic rings. The molecule has 0 fully saturated rings. The molecule has 2 rings (SSSR count). The first-order valence-electron chi connectivity index (χ1n) is 5.35. The van der Waals surface area contributed by atoms with Crippen LogP contribution in [0.5, 0.6) is 0 Å². The average molecular weight is 345 g/mol. The number of hydrogen-bond acceptors (Lipinski definition) is 2. The first-order valence-corrected chi connectivity index (χ1v) is 7.56. The first-order chi connectivity index (χ1) is 8.70. The number of halogens is 2. The molecule has 0 aliphatic heterocycles. The number of thiophene rings is 1. The van der Waals surface area contributed by atoms with Gasteiger partial charge in [-0.1, -0.05) is 24.3 Å². The maximum atomic E-state index is 11.9. The van der Waals surface area contributed by atoms with E-state index in [4.69, 9.17) is 11.6 Å². The number of nitrogens with one attached hydrogen (secondary N) is 1. The number of carbonyl (C=O) groups is 1. The summed E-state index contributed by atoms with van der Waals surface area (Å²) in [5, 5.41) is 4.77. The van der Waals surface area contributed by atoms with Gasteiger partial charge in [0.15, 0.2) is 0 Å². The highest BCUT2D eigenvalue weighted by molar-refractivity contribution is 9.10. The Labute approximate surface area is 123 Å². The molecule has 1 amide bonds. The summed E-state index contributed by atoms with van der Waals surface area (Å²) in [5.41, 5.74) is 2.14. The molecule has 1 N–H and O–H groups in total. The zero-order chi connectivity index (χ0) is 13.0. The highest BCUT2D eigenvalue weighted by Gasteiger charge is 2.10. The third-order valence-electron chi connectivity index (χ3n) is 2.45. The minimum Gasteiger partial charge on any atom is -0.347 e. The largest absolute Gasteiger partial charge is 0.347 e. The van der Waals surface area contributed by atoms with Crippen molar-refractivity contribution in [1.29, 1.82) is 0 Å². The van der Waals surface area contributed by atoms with Crippen LogP contribution in [0.4, 0.5) is 0 Å². The topological polar surface area (TPSA) is 29.1 Å². The van der Waals surface area contributed by atoms with Crippen molar-refractivity contribution in [3.8, 4) is 0 Å². The maximum absolute atomic E-state index is 11.9. The minimum atomic E-state index is -0.0571. The summed E-state index contributed by atoms with van der Waals surface area (Å²) in [6, 6.07) is 9.75. The molecule has 0 atom stereocenters. The molecule has 5 heteroatoms. The van der Waals surface area contributed by atoms with Gasteiger partial charge in [-0.15, -0.1) is 22.9 Å². The Balaban J connectivity index is 1.95. The average Bonchev–Trinajstić information content (AvgIpc) is 2.83. The van der Waals surface area contributed by atoms with E-state index in [-0.39, 0.29) is 5.91 Å². The monoisotopic (exact) mass is 343 g/mol. The minimum absolute atomic E-state index is 0.0571. The summed E-state index contributed by atoms with van der Waals surface area (Å²) < 4.78 is 0.836. The van der Waals surface area contributed by atoms with E-state index in [1.54, 1.807) is 0 Å². The molecule has 1 aromatic heterocycles. The molecule has 0 aliphatic carbocycles. The van der Waals surface area contributed by atoms with E-state index in [1.165, 1.54) is 11.3 Å². The summed E-state index contributed by atoms with van der Waals surface area (Å²) in [5.74, 6) is 0.452. The SMILES string of the molecule is O=C(NCc1ccc(CCl)cc1)c1sccc1Br. The second-order valence-electron chi connectivity index (χ2n) is 3.73. The van der Waals surface area contributed by atoms with E-state index < -0.39 is 0 Å². The lowest BCUT2D eigenvalue weighted by molar-refractivity contribution is 0.0954. The van der Waals surface area contributed by atoms with Crippen LogP contribution >= 0.6 is 38.9 Å². The van der Waals surface area contributed by atoms with Crippen LogP contribution in [0.25, 0.3) is 0 Å². The molecule has 2 aromatic rings. The summed E-state index contributed by atoms with van der Waals surface area (Å²) in [4.78, 5) is 12.6. The normalized spacial score (nSPS) is 10.3. The van der Waals surface area contributed by atoms with Gasteiger partial charge >= 0.3 is 0 Å². The van der Waals surface area contributed by atoms with Gasteiger partial charge in [-0.25, -0.2) is 0 Å². The Hall–Kier alpha value is -0.840. The van der Waals surface area contributed by atoms with Crippen molar-refractivity contribution >= 4 is 44.8 Å². The van der Waals surface area contributed by atoms with Gasteiger partial charge in [0.1, 0.15) is 4.88 Å². The molecule has 0 radical (unpaired) electrons. The van der Waals surface area contributed by atoms with Crippen molar-refractivity contribution in [3.05, 3.63) is 56.2 Å². The van der Waals surface area contributed by atoms with E-state index in [2.05, 4.69) is 21.2 Å². The second-order valence-corrected chi connectivity index (χ2v) is 5.77. The summed E-state index contributed by atoms with van der Waals surface area (Å²) in [7, 11) is 0. The molecule has 1 heterocycles. The Morgan fingerprint density at radius 1 is 1.22 bits per heavy atom. The van der Waals surface area contributed by atoms with Crippen molar-refractivity contribution in [2.45, 2.75) is 12.4 Å². The Morgan fingerprint density at radius 3 is 2.44 bits per heavy atom. The molecule has 2 nitrogen and oxygen atoms in total. The maximum Gasteiger partial charge on any atom is 0.262 e. The quantitative estimate of drug-likeness (QED) is 0.828. The molecular formula is C13H11BrClNOS. The Morgan fingerprint density at radius 2 is 1.89 bits per heavy atom. The van der Waals surface area contributed by atoms with Crippen LogP contribution in [0.2, 0.25) is 0 Å². The van der Waals surface area contributed by atoms with Gasteiger partial charge in [0.2, 0.25) is 0 Å². The van der Waals surface area contributed by atoms with Crippen molar-refractivity contribution in [3.63, 3.8) is 0 Å². The van der Waals surface area contributed by atoms with Crippen molar-refractivity contribution in [1.82, 2.24) is 5.32 Å². The zero-order valence-electron chi connectivity index (χ0n) is 9.45. The predicted molar refractivity (Wildman–Crippen MR) is 79.2 cm³/mol. The van der Waals surface area contributed by atoms with Crippen LogP contribution in [0, 0.1) is 0 Å². The van der Waals surface area contributed by atoms with E-state index in [0.29, 0.717) is 17.3 Å². The number of carbonyl (C=O) groups excluding carboxylic acids is 1. The van der Waals surface area contributed by atoms with Crippen LogP contribution in [-0.2, 0) is 12.4 Å². The first kappa shape index (κ1) is 13.6. The number of amides is 1. The second kappa shape index (κ2) is 6.36. The Kier molecular flexibility index (Phi) is 4.80. The van der Waals surface area contributed by atoms with E-state index >= 15 is 0 Å². The predicted octanol–water partition coefficient (Wildman–Crippen LogP) is 4.18. The number of benzene rings is 1. The third-order valence-corrected chi connectivity index (χ3v) is 4.60. The van der Waals surface area contributed by atoms with Gasteiger partial charge in [0.05, 0.1) is 0 Å². The fourth-order valence-corrected chi connectivity index (χ4v) is 3.11. The van der Waals surface area contributed by atoms with Crippen molar-refractivity contribution in [2.75, 3.05) is 0 Å². The lowest BCUT2D eigenvalue weighted by Crippen LogP contribution is -2.22. The highest BCUT2D eigenvalue weighted by Crippen LogP contribution is 2.22. The smallest absolute Gasteiger partial charge is 0.262 e. The lowest BCUT2D eigenvalue weighted by Gasteiger charge is -2.05. The summed E-state index contributed by atoms with van der Waals surface area (Å²) in [6.45, 7) is 0.520. The standard InChI is InChI=1S/C13H11BrClNOS/c14-11-5-6-18-12(11)13(17)16-8-10-3-1-9(7-15)2-4-10/h1-6H,7-8H2,(H,16,17). The van der Waals surface area contributed by atoms with Crippen LogP contribution in [0.1, 0.15) is 20.8 Å². The molecule has 0 saturated heterocycles. The number of rotatable bonds is 4. The number of alkyl halides is 1. The van der Waals surface area contributed by atoms with Crippen molar-refractivity contribution < 1.29 is 4.79 Å². The molecule has 1 aromatic carbocycles. The third kappa shape index (κ3) is 3.34. The lowest BCUT2D eigenvalue weighted by atomic mass is 10.1. The molecular weight excluding hydrogens is 334 g/mol. The fourth-order valence-electron chi connectivity index (χ4n) is 1.46. The van der Waals surface area contributed by atoms with E-state index in [0.717, 1.165) is 15.6 Å². The molecule has 0 bridgehead atoms. The van der Waals surface area contributed by atoms with Crippen LogP contribution < -0.4 is 5.32 Å². The van der Waals surface area contributed by atoms with Crippen molar-refractivity contribution in [2.24, 2.45) is 0 Å². The molecule has 0 saturated carbocycles. The van der Waals surface area contributed by atoms with Gasteiger partial charge in [0, 0.05) is 16.9 Å². The van der Waals surface area contributed by atoms with Gasteiger partial charge in [-0.2, -0.15) is 0 Å². The van der Waals surface area contributed by atoms with Gasteiger partial charge in [-0.3, -0.25) is 4.79 Å². The van der Waals surface area contributed by atoms with Crippen LogP contribution in [0.3, 0.4) is 0 Å². The van der Waals surface area contributed by atoms with Crippen LogP contribution in [-0.4, -0.2) is 5.91 Å². The van der Waals surface area contributed by atoms with Crippen LogP contribution in [0.15, 0.2) is 40.2 Å². The molecule has 18 heavy (non-hydrogen) atoms. The van der Waals surface area contributed by atoms with E-state index in [9.17, 15) is 4.79 Å². The highest BCUT2D eigenvalue weighted by atomic mass is 79.9.